The lowest BCUT2D eigenvalue weighted by Crippen LogP contribution is -2.72. The van der Waals surface area contributed by atoms with Gasteiger partial charge in [-0.05, 0) is 20.3 Å². The molecule has 18 heavy (non-hydrogen) atoms. The van der Waals surface area contributed by atoms with Crippen molar-refractivity contribution in [3.63, 3.8) is 0 Å². The van der Waals surface area contributed by atoms with Gasteiger partial charge in [0, 0.05) is 7.11 Å². The van der Waals surface area contributed by atoms with E-state index in [4.69, 9.17) is 9.47 Å². The largest absolute Gasteiger partial charge is 0.393 e. The summed E-state index contributed by atoms with van der Waals surface area (Å²) in [4.78, 5) is 0. The van der Waals surface area contributed by atoms with Crippen molar-refractivity contribution >= 4 is 0 Å². The molecule has 0 aliphatic carbocycles. The topological polar surface area (TPSA) is 79.2 Å². The van der Waals surface area contributed by atoms with Gasteiger partial charge in [-0.2, -0.15) is 0 Å². The Kier molecular flexibility index (Phi) is 4.45. The van der Waals surface area contributed by atoms with Crippen molar-refractivity contribution in [3.8, 4) is 0 Å². The van der Waals surface area contributed by atoms with Crippen LogP contribution in [0.3, 0.4) is 0 Å². The van der Waals surface area contributed by atoms with Gasteiger partial charge in [-0.15, -0.1) is 0 Å². The Morgan fingerprint density at radius 2 is 1.72 bits per heavy atom. The van der Waals surface area contributed by atoms with Crippen LogP contribution in [0.2, 0.25) is 0 Å². The van der Waals surface area contributed by atoms with Crippen molar-refractivity contribution in [1.82, 2.24) is 0 Å². The molecular formula is C13H26O5. The molecule has 3 unspecified atom stereocenters. The maximum absolute atomic E-state index is 10.4. The minimum atomic E-state index is -1.02. The first-order valence-corrected chi connectivity index (χ1v) is 6.37. The molecule has 0 aromatic carbocycles. The van der Waals surface area contributed by atoms with Crippen molar-refractivity contribution in [2.24, 2.45) is 5.41 Å². The molecule has 1 aliphatic rings. The molecule has 0 radical (unpaired) electrons. The van der Waals surface area contributed by atoms with Crippen molar-refractivity contribution < 1.29 is 24.8 Å². The summed E-state index contributed by atoms with van der Waals surface area (Å²) >= 11 is 0. The smallest absolute Gasteiger partial charge is 0.109 e. The zero-order chi connectivity index (χ0) is 14.2. The lowest BCUT2D eigenvalue weighted by molar-refractivity contribution is -0.329. The van der Waals surface area contributed by atoms with E-state index in [1.807, 2.05) is 6.92 Å². The molecule has 1 heterocycles. The van der Waals surface area contributed by atoms with Gasteiger partial charge in [0.05, 0.1) is 35.9 Å². The first-order chi connectivity index (χ1) is 8.20. The van der Waals surface area contributed by atoms with Crippen LogP contribution in [0.25, 0.3) is 0 Å². The van der Waals surface area contributed by atoms with E-state index in [9.17, 15) is 15.3 Å². The third-order valence-corrected chi connectivity index (χ3v) is 4.69. The van der Waals surface area contributed by atoms with E-state index >= 15 is 0 Å². The van der Waals surface area contributed by atoms with Crippen molar-refractivity contribution in [1.29, 1.82) is 0 Å². The highest BCUT2D eigenvalue weighted by atomic mass is 16.6. The number of hydrogen-bond donors (Lipinski definition) is 3. The molecule has 1 rings (SSSR count). The van der Waals surface area contributed by atoms with Gasteiger partial charge in [-0.25, -0.2) is 0 Å². The molecule has 0 saturated carbocycles. The highest BCUT2D eigenvalue weighted by Gasteiger charge is 2.62. The lowest BCUT2D eigenvalue weighted by atomic mass is 9.64. The maximum Gasteiger partial charge on any atom is 0.109 e. The van der Waals surface area contributed by atoms with Gasteiger partial charge in [-0.1, -0.05) is 13.8 Å². The summed E-state index contributed by atoms with van der Waals surface area (Å²) in [5.41, 5.74) is -2.71. The zero-order valence-corrected chi connectivity index (χ0v) is 11.9. The fraction of sp³-hybridized carbons (Fsp3) is 1.00. The van der Waals surface area contributed by atoms with Gasteiger partial charge in [0.25, 0.3) is 0 Å². The van der Waals surface area contributed by atoms with Gasteiger partial charge in [0.1, 0.15) is 6.10 Å². The van der Waals surface area contributed by atoms with E-state index in [1.54, 1.807) is 20.8 Å². The molecule has 5 atom stereocenters. The first-order valence-electron chi connectivity index (χ1n) is 6.37. The van der Waals surface area contributed by atoms with Crippen LogP contribution in [0.5, 0.6) is 0 Å². The summed E-state index contributed by atoms with van der Waals surface area (Å²) in [6.45, 7) is 7.09. The van der Waals surface area contributed by atoms with Crippen LogP contribution in [0.1, 0.15) is 34.1 Å². The van der Waals surface area contributed by atoms with E-state index in [2.05, 4.69) is 0 Å². The normalized spacial score (nSPS) is 49.3. The van der Waals surface area contributed by atoms with Crippen LogP contribution in [-0.2, 0) is 9.47 Å². The molecule has 5 heteroatoms. The van der Waals surface area contributed by atoms with E-state index in [-0.39, 0.29) is 13.2 Å². The second-order valence-electron chi connectivity index (χ2n) is 5.90. The average molecular weight is 262 g/mol. The molecule has 1 saturated heterocycles. The number of ether oxygens (including phenoxy) is 2. The first kappa shape index (κ1) is 15.9. The third-order valence-electron chi connectivity index (χ3n) is 4.69. The Labute approximate surface area is 109 Å². The van der Waals surface area contributed by atoms with Gasteiger partial charge in [-0.3, -0.25) is 0 Å². The second kappa shape index (κ2) is 5.06. The Morgan fingerprint density at radius 3 is 2.11 bits per heavy atom. The van der Waals surface area contributed by atoms with Crippen LogP contribution in [0.15, 0.2) is 0 Å². The summed E-state index contributed by atoms with van der Waals surface area (Å²) in [5, 5.41) is 30.4. The highest BCUT2D eigenvalue weighted by Crippen LogP contribution is 2.49. The summed E-state index contributed by atoms with van der Waals surface area (Å²) in [7, 11) is 1.52. The van der Waals surface area contributed by atoms with Gasteiger partial charge < -0.3 is 24.8 Å². The summed E-state index contributed by atoms with van der Waals surface area (Å²) in [6, 6.07) is 0. The van der Waals surface area contributed by atoms with Crippen molar-refractivity contribution in [2.45, 2.75) is 57.5 Å². The molecule has 0 spiro atoms. The molecule has 3 N–H and O–H groups in total. The Morgan fingerprint density at radius 1 is 1.17 bits per heavy atom. The molecule has 5 nitrogen and oxygen atoms in total. The van der Waals surface area contributed by atoms with Crippen molar-refractivity contribution in [3.05, 3.63) is 0 Å². The summed E-state index contributed by atoms with van der Waals surface area (Å²) in [5.74, 6) is 0. The number of hydrogen-bond acceptors (Lipinski definition) is 5. The standard InChI is InChI=1S/C13H26O5/c1-6-12(3)10(16)9(15)11(2,8-17-5)13(4,7-14)18-12/h9-10,14-16H,6-8H2,1-5H3/t9?,10?,11-,12+,13?/m0/s1. The van der Waals surface area contributed by atoms with Crippen LogP contribution in [0.4, 0.5) is 0 Å². The van der Waals surface area contributed by atoms with Crippen LogP contribution in [0, 0.1) is 5.41 Å². The fourth-order valence-corrected chi connectivity index (χ4v) is 2.72. The summed E-state index contributed by atoms with van der Waals surface area (Å²) < 4.78 is 11.1. The fourth-order valence-electron chi connectivity index (χ4n) is 2.72. The summed E-state index contributed by atoms with van der Waals surface area (Å²) in [6.07, 6.45) is -1.49. The Balaban J connectivity index is 3.21. The molecule has 108 valence electrons. The molecule has 1 aliphatic heterocycles. The molecule has 0 amide bonds. The van der Waals surface area contributed by atoms with E-state index < -0.39 is 28.8 Å². The highest BCUT2D eigenvalue weighted by molar-refractivity contribution is 5.10. The van der Waals surface area contributed by atoms with Gasteiger partial charge in [0.15, 0.2) is 0 Å². The minimum Gasteiger partial charge on any atom is -0.393 e. The number of rotatable bonds is 4. The Hall–Kier alpha value is -0.200. The molecule has 0 aromatic rings. The lowest BCUT2D eigenvalue weighted by Gasteiger charge is -2.59. The zero-order valence-electron chi connectivity index (χ0n) is 11.9. The molecule has 1 fully saturated rings. The van der Waals surface area contributed by atoms with Crippen LogP contribution in [-0.4, -0.2) is 59.1 Å². The Bertz CT molecular complexity index is 297. The quantitative estimate of drug-likeness (QED) is 0.679. The SMILES string of the molecule is CC[C@@]1(C)OC(C)(CO)[C@@](C)(COC)C(O)C1O. The van der Waals surface area contributed by atoms with Gasteiger partial charge in [0.2, 0.25) is 0 Å². The monoisotopic (exact) mass is 262 g/mol. The molecule has 0 aromatic heterocycles. The predicted molar refractivity (Wildman–Crippen MR) is 67.3 cm³/mol. The number of methoxy groups -OCH3 is 1. The predicted octanol–water partition coefficient (Wildman–Crippen LogP) is 0.311. The molecule has 0 bridgehead atoms. The average Bonchev–Trinajstić information content (AvgIpc) is 2.35. The van der Waals surface area contributed by atoms with E-state index in [1.165, 1.54) is 7.11 Å². The van der Waals surface area contributed by atoms with Gasteiger partial charge >= 0.3 is 0 Å². The minimum absolute atomic E-state index is 0.197. The van der Waals surface area contributed by atoms with Crippen molar-refractivity contribution in [2.75, 3.05) is 20.3 Å². The number of aliphatic hydroxyl groups excluding tert-OH is 3. The second-order valence-corrected chi connectivity index (χ2v) is 5.90. The van der Waals surface area contributed by atoms with E-state index in [0.717, 1.165) is 0 Å². The van der Waals surface area contributed by atoms with Crippen LogP contribution >= 0.6 is 0 Å². The maximum atomic E-state index is 10.4. The number of aliphatic hydroxyl groups is 3. The molecular weight excluding hydrogens is 236 g/mol. The van der Waals surface area contributed by atoms with Crippen LogP contribution < -0.4 is 0 Å². The third kappa shape index (κ3) is 2.08. The van der Waals surface area contributed by atoms with E-state index in [0.29, 0.717) is 6.42 Å².